The van der Waals surface area contributed by atoms with Crippen LogP contribution in [0.15, 0.2) is 24.3 Å². The van der Waals surface area contributed by atoms with Crippen LogP contribution in [0.3, 0.4) is 0 Å². The molecule has 0 saturated heterocycles. The molecular formula is C18H24N2. The fraction of sp³-hybridized carbons (Fsp3) is 0.444. The average molecular weight is 268 g/mol. The molecule has 2 aliphatic rings. The summed E-state index contributed by atoms with van der Waals surface area (Å²) in [5.74, 6) is 0. The monoisotopic (exact) mass is 268 g/mol. The van der Waals surface area contributed by atoms with Crippen molar-refractivity contribution in [3.8, 4) is 0 Å². The van der Waals surface area contributed by atoms with Gasteiger partial charge in [0.05, 0.1) is 11.1 Å². The van der Waals surface area contributed by atoms with E-state index in [2.05, 4.69) is 74.8 Å². The summed E-state index contributed by atoms with van der Waals surface area (Å²) in [7, 11) is 0. The highest BCUT2D eigenvalue weighted by Crippen LogP contribution is 2.38. The Labute approximate surface area is 122 Å². The molecule has 2 aliphatic heterocycles. The van der Waals surface area contributed by atoms with Gasteiger partial charge in [-0.1, -0.05) is 38.2 Å². The second-order valence-corrected chi connectivity index (χ2v) is 6.49. The maximum atomic E-state index is 3.66. The molecule has 0 saturated carbocycles. The molecule has 2 nitrogen and oxygen atoms in total. The largest absolute Gasteiger partial charge is 0.376 e. The van der Waals surface area contributed by atoms with Crippen molar-refractivity contribution < 1.29 is 0 Å². The van der Waals surface area contributed by atoms with Crippen molar-refractivity contribution in [1.29, 1.82) is 0 Å². The minimum absolute atomic E-state index is 0.0744. The molecule has 0 fully saturated rings. The standard InChI is InChI=1S/C18H24N2/c1-5-17(3)9-7-13-12-16-14(11-15(13)19-17)8-10-18(4,6-2)20-16/h7-12,19-20H,5-6H2,1-4H3. The Morgan fingerprint density at radius 3 is 1.55 bits per heavy atom. The summed E-state index contributed by atoms with van der Waals surface area (Å²) in [6.45, 7) is 8.92. The van der Waals surface area contributed by atoms with Gasteiger partial charge in [0.25, 0.3) is 0 Å². The number of rotatable bonds is 2. The summed E-state index contributed by atoms with van der Waals surface area (Å²) >= 11 is 0. The zero-order valence-corrected chi connectivity index (χ0v) is 12.9. The highest BCUT2D eigenvalue weighted by Gasteiger charge is 2.26. The van der Waals surface area contributed by atoms with Crippen LogP contribution in [0.4, 0.5) is 11.4 Å². The molecule has 1 aromatic carbocycles. The molecule has 0 aliphatic carbocycles. The van der Waals surface area contributed by atoms with Gasteiger partial charge in [-0.25, -0.2) is 0 Å². The van der Waals surface area contributed by atoms with E-state index in [9.17, 15) is 0 Å². The van der Waals surface area contributed by atoms with Crippen LogP contribution < -0.4 is 10.6 Å². The molecule has 106 valence electrons. The van der Waals surface area contributed by atoms with Crippen LogP contribution in [-0.4, -0.2) is 11.1 Å². The Hall–Kier alpha value is -1.70. The molecule has 2 atom stereocenters. The molecule has 3 rings (SSSR count). The first kappa shape index (κ1) is 13.3. The van der Waals surface area contributed by atoms with Crippen LogP contribution in [-0.2, 0) is 0 Å². The van der Waals surface area contributed by atoms with E-state index in [0.29, 0.717) is 0 Å². The van der Waals surface area contributed by atoms with Gasteiger partial charge in [-0.2, -0.15) is 0 Å². The molecule has 0 amide bonds. The lowest BCUT2D eigenvalue weighted by Crippen LogP contribution is -2.35. The zero-order valence-electron chi connectivity index (χ0n) is 12.9. The van der Waals surface area contributed by atoms with E-state index >= 15 is 0 Å². The summed E-state index contributed by atoms with van der Waals surface area (Å²) in [6.07, 6.45) is 11.2. The van der Waals surface area contributed by atoms with Crippen molar-refractivity contribution in [2.75, 3.05) is 10.6 Å². The first-order chi connectivity index (χ1) is 9.47. The Balaban J connectivity index is 2.01. The topological polar surface area (TPSA) is 24.1 Å². The van der Waals surface area contributed by atoms with E-state index in [1.165, 1.54) is 22.5 Å². The molecule has 0 spiro atoms. The number of nitrogens with one attached hydrogen (secondary N) is 2. The van der Waals surface area contributed by atoms with E-state index in [1.54, 1.807) is 0 Å². The minimum atomic E-state index is 0.0744. The van der Waals surface area contributed by atoms with Crippen molar-refractivity contribution in [3.63, 3.8) is 0 Å². The summed E-state index contributed by atoms with van der Waals surface area (Å²) in [4.78, 5) is 0. The van der Waals surface area contributed by atoms with Crippen LogP contribution in [0.2, 0.25) is 0 Å². The van der Waals surface area contributed by atoms with E-state index in [0.717, 1.165) is 12.8 Å². The maximum absolute atomic E-state index is 3.66. The number of fused-ring (bicyclic) bond motifs is 2. The third kappa shape index (κ3) is 2.13. The quantitative estimate of drug-likeness (QED) is 0.797. The highest BCUT2D eigenvalue weighted by atomic mass is 15.0. The molecule has 0 bridgehead atoms. The summed E-state index contributed by atoms with van der Waals surface area (Å²) in [5.41, 5.74) is 5.17. The van der Waals surface area contributed by atoms with Crippen LogP contribution in [0, 0.1) is 0 Å². The van der Waals surface area contributed by atoms with Gasteiger partial charge in [0.1, 0.15) is 0 Å². The van der Waals surface area contributed by atoms with Crippen molar-refractivity contribution in [2.24, 2.45) is 0 Å². The lowest BCUT2D eigenvalue weighted by molar-refractivity contribution is 0.608. The second kappa shape index (κ2) is 4.41. The van der Waals surface area contributed by atoms with Crippen LogP contribution in [0.25, 0.3) is 12.2 Å². The lowest BCUT2D eigenvalue weighted by atomic mass is 9.88. The lowest BCUT2D eigenvalue weighted by Gasteiger charge is -2.35. The second-order valence-electron chi connectivity index (χ2n) is 6.49. The number of hydrogen-bond donors (Lipinski definition) is 2. The zero-order chi connectivity index (χ0) is 14.4. The molecule has 2 unspecified atom stereocenters. The van der Waals surface area contributed by atoms with Gasteiger partial charge >= 0.3 is 0 Å². The number of anilines is 2. The van der Waals surface area contributed by atoms with Crippen molar-refractivity contribution in [3.05, 3.63) is 35.4 Å². The summed E-state index contributed by atoms with van der Waals surface area (Å²) in [6, 6.07) is 4.53. The Morgan fingerprint density at radius 2 is 1.20 bits per heavy atom. The molecule has 20 heavy (non-hydrogen) atoms. The van der Waals surface area contributed by atoms with Gasteiger partial charge in [-0.3, -0.25) is 0 Å². The van der Waals surface area contributed by atoms with Crippen molar-refractivity contribution in [2.45, 2.75) is 51.6 Å². The van der Waals surface area contributed by atoms with Crippen molar-refractivity contribution in [1.82, 2.24) is 0 Å². The molecular weight excluding hydrogens is 244 g/mol. The average Bonchev–Trinajstić information content (AvgIpc) is 2.45. The molecule has 0 aromatic heterocycles. The summed E-state index contributed by atoms with van der Waals surface area (Å²) in [5, 5.41) is 7.32. The van der Waals surface area contributed by atoms with E-state index in [1.807, 2.05) is 0 Å². The van der Waals surface area contributed by atoms with Gasteiger partial charge < -0.3 is 10.6 Å². The normalized spacial score (nSPS) is 30.2. The van der Waals surface area contributed by atoms with Gasteiger partial charge in [0, 0.05) is 11.4 Å². The maximum Gasteiger partial charge on any atom is 0.0528 e. The fourth-order valence-corrected chi connectivity index (χ4v) is 2.78. The first-order valence-corrected chi connectivity index (χ1v) is 7.60. The van der Waals surface area contributed by atoms with Crippen LogP contribution >= 0.6 is 0 Å². The first-order valence-electron chi connectivity index (χ1n) is 7.60. The molecule has 2 heteroatoms. The Bertz CT molecular complexity index is 546. The SMILES string of the molecule is CCC1(C)C=Cc2cc3c(cc2N1)C=CC(C)(CC)N3. The minimum Gasteiger partial charge on any atom is -0.376 e. The number of benzene rings is 1. The third-order valence-corrected chi connectivity index (χ3v) is 4.79. The van der Waals surface area contributed by atoms with Gasteiger partial charge in [0.15, 0.2) is 0 Å². The van der Waals surface area contributed by atoms with E-state index in [-0.39, 0.29) is 11.1 Å². The Morgan fingerprint density at radius 1 is 0.800 bits per heavy atom. The van der Waals surface area contributed by atoms with Gasteiger partial charge in [-0.05, 0) is 49.9 Å². The van der Waals surface area contributed by atoms with Crippen LogP contribution in [0.5, 0.6) is 0 Å². The summed E-state index contributed by atoms with van der Waals surface area (Å²) < 4.78 is 0. The number of hydrogen-bond acceptors (Lipinski definition) is 2. The van der Waals surface area contributed by atoms with E-state index < -0.39 is 0 Å². The molecule has 2 heterocycles. The van der Waals surface area contributed by atoms with Crippen molar-refractivity contribution >= 4 is 23.5 Å². The molecule has 0 radical (unpaired) electrons. The van der Waals surface area contributed by atoms with Gasteiger partial charge in [0.2, 0.25) is 0 Å². The van der Waals surface area contributed by atoms with Gasteiger partial charge in [-0.15, -0.1) is 0 Å². The Kier molecular flexibility index (Phi) is 2.93. The molecule has 1 aromatic rings. The predicted octanol–water partition coefficient (Wildman–Crippen LogP) is 4.90. The third-order valence-electron chi connectivity index (χ3n) is 4.79. The van der Waals surface area contributed by atoms with E-state index in [4.69, 9.17) is 0 Å². The molecule has 2 N–H and O–H groups in total. The smallest absolute Gasteiger partial charge is 0.0528 e. The highest BCUT2D eigenvalue weighted by molar-refractivity contribution is 5.83. The fourth-order valence-electron chi connectivity index (χ4n) is 2.78. The predicted molar refractivity (Wildman–Crippen MR) is 89.1 cm³/mol. The van der Waals surface area contributed by atoms with Crippen LogP contribution in [0.1, 0.15) is 51.7 Å².